The molecule has 0 aliphatic rings. The van der Waals surface area contributed by atoms with Gasteiger partial charge >= 0.3 is 0 Å². The lowest BCUT2D eigenvalue weighted by Gasteiger charge is -2.08. The quantitative estimate of drug-likeness (QED) is 0.552. The summed E-state index contributed by atoms with van der Waals surface area (Å²) in [4.78, 5) is 0. The molecule has 2 nitrogen and oxygen atoms in total. The Morgan fingerprint density at radius 1 is 1.21 bits per heavy atom. The zero-order valence-corrected chi connectivity index (χ0v) is 10.4. The van der Waals surface area contributed by atoms with Crippen molar-refractivity contribution in [3.8, 4) is 0 Å². The van der Waals surface area contributed by atoms with Crippen molar-refractivity contribution in [3.63, 3.8) is 0 Å². The normalized spacial score (nSPS) is 13.1. The molecule has 0 bridgehead atoms. The molecule has 0 rings (SSSR count). The first-order valence-corrected chi connectivity index (χ1v) is 7.01. The van der Waals surface area contributed by atoms with Crippen molar-refractivity contribution in [2.45, 2.75) is 32.6 Å². The number of hydrogen-bond acceptors (Lipinski definition) is 3. The van der Waals surface area contributed by atoms with Crippen molar-refractivity contribution in [3.05, 3.63) is 0 Å². The monoisotopic (exact) mass is 219 g/mol. The fourth-order valence-corrected chi connectivity index (χ4v) is 1.76. The number of aliphatic hydroxyl groups excluding tert-OH is 1. The van der Waals surface area contributed by atoms with Crippen LogP contribution in [0.3, 0.4) is 0 Å². The molecule has 1 atom stereocenters. The second-order valence-electron chi connectivity index (χ2n) is 3.90. The van der Waals surface area contributed by atoms with Gasteiger partial charge in [-0.15, -0.1) is 0 Å². The van der Waals surface area contributed by atoms with Gasteiger partial charge in [-0.2, -0.15) is 11.8 Å². The van der Waals surface area contributed by atoms with Gasteiger partial charge in [-0.1, -0.05) is 19.8 Å². The molecule has 1 unspecified atom stereocenters. The standard InChI is InChI=1S/C11H25NOS/c1-11(10-13)9-12-7-5-3-4-6-8-14-2/h11-13H,3-10H2,1-2H3. The van der Waals surface area contributed by atoms with E-state index < -0.39 is 0 Å². The van der Waals surface area contributed by atoms with E-state index in [9.17, 15) is 0 Å². The molecular weight excluding hydrogens is 194 g/mol. The summed E-state index contributed by atoms with van der Waals surface area (Å²) < 4.78 is 0. The summed E-state index contributed by atoms with van der Waals surface area (Å²) in [5.74, 6) is 1.70. The molecule has 0 aromatic heterocycles. The van der Waals surface area contributed by atoms with Gasteiger partial charge < -0.3 is 10.4 Å². The van der Waals surface area contributed by atoms with Crippen LogP contribution in [0.1, 0.15) is 32.6 Å². The van der Waals surface area contributed by atoms with Gasteiger partial charge in [0.15, 0.2) is 0 Å². The summed E-state index contributed by atoms with van der Waals surface area (Å²) >= 11 is 1.93. The lowest BCUT2D eigenvalue weighted by molar-refractivity contribution is 0.234. The highest BCUT2D eigenvalue weighted by Gasteiger charge is 1.97. The van der Waals surface area contributed by atoms with E-state index in [-0.39, 0.29) is 0 Å². The summed E-state index contributed by atoms with van der Waals surface area (Å²) in [6.07, 6.45) is 7.48. The van der Waals surface area contributed by atoms with Crippen LogP contribution < -0.4 is 5.32 Å². The van der Waals surface area contributed by atoms with Crippen LogP contribution in [0.4, 0.5) is 0 Å². The first-order chi connectivity index (χ1) is 6.81. The first kappa shape index (κ1) is 14.3. The number of unbranched alkanes of at least 4 members (excludes halogenated alkanes) is 3. The third kappa shape index (κ3) is 10.4. The molecule has 0 aliphatic carbocycles. The molecule has 14 heavy (non-hydrogen) atoms. The molecule has 0 aromatic rings. The van der Waals surface area contributed by atoms with Crippen molar-refractivity contribution >= 4 is 11.8 Å². The zero-order valence-electron chi connectivity index (χ0n) is 9.59. The minimum absolute atomic E-state index is 0.292. The summed E-state index contributed by atoms with van der Waals surface area (Å²) in [5, 5.41) is 12.2. The van der Waals surface area contributed by atoms with Gasteiger partial charge in [0.1, 0.15) is 0 Å². The fourth-order valence-electron chi connectivity index (χ4n) is 1.26. The van der Waals surface area contributed by atoms with Crippen molar-refractivity contribution in [1.29, 1.82) is 0 Å². The molecule has 0 spiro atoms. The van der Waals surface area contributed by atoms with Gasteiger partial charge in [-0.3, -0.25) is 0 Å². The largest absolute Gasteiger partial charge is 0.396 e. The summed E-state index contributed by atoms with van der Waals surface area (Å²) in [5.41, 5.74) is 0. The smallest absolute Gasteiger partial charge is 0.0468 e. The maximum Gasteiger partial charge on any atom is 0.0468 e. The molecule has 3 heteroatoms. The van der Waals surface area contributed by atoms with Gasteiger partial charge in [-0.25, -0.2) is 0 Å². The molecule has 0 radical (unpaired) electrons. The predicted octanol–water partition coefficient (Wildman–Crippen LogP) is 2.13. The molecule has 0 aliphatic heterocycles. The SMILES string of the molecule is CSCCCCCCNCC(C)CO. The van der Waals surface area contributed by atoms with Crippen LogP contribution in [0, 0.1) is 5.92 Å². The topological polar surface area (TPSA) is 32.3 Å². The lowest BCUT2D eigenvalue weighted by Crippen LogP contribution is -2.24. The second kappa shape index (κ2) is 11.3. The fraction of sp³-hybridized carbons (Fsp3) is 1.00. The Morgan fingerprint density at radius 2 is 1.93 bits per heavy atom. The minimum atomic E-state index is 0.292. The Labute approximate surface area is 92.9 Å². The number of hydrogen-bond donors (Lipinski definition) is 2. The molecule has 0 saturated carbocycles. The maximum atomic E-state index is 8.79. The Kier molecular flexibility index (Phi) is 11.6. The van der Waals surface area contributed by atoms with E-state index in [4.69, 9.17) is 5.11 Å². The van der Waals surface area contributed by atoms with E-state index in [1.807, 2.05) is 11.8 Å². The molecule has 0 heterocycles. The Hall–Kier alpha value is 0.270. The van der Waals surface area contributed by atoms with Crippen molar-refractivity contribution in [2.75, 3.05) is 31.7 Å². The zero-order chi connectivity index (χ0) is 10.6. The van der Waals surface area contributed by atoms with E-state index >= 15 is 0 Å². The van der Waals surface area contributed by atoms with Crippen molar-refractivity contribution in [2.24, 2.45) is 5.92 Å². The average Bonchev–Trinajstić information content (AvgIpc) is 2.21. The average molecular weight is 219 g/mol. The number of aliphatic hydroxyl groups is 1. The number of thioether (sulfide) groups is 1. The van der Waals surface area contributed by atoms with E-state index in [0.29, 0.717) is 12.5 Å². The third-order valence-electron chi connectivity index (χ3n) is 2.26. The highest BCUT2D eigenvalue weighted by atomic mass is 32.2. The first-order valence-electron chi connectivity index (χ1n) is 5.61. The highest BCUT2D eigenvalue weighted by Crippen LogP contribution is 2.03. The van der Waals surface area contributed by atoms with Crippen LogP contribution in [0.2, 0.25) is 0 Å². The molecular formula is C11H25NOS. The Morgan fingerprint density at radius 3 is 2.57 bits per heavy atom. The summed E-state index contributed by atoms with van der Waals surface area (Å²) in [6.45, 7) is 4.40. The molecule has 0 amide bonds. The van der Waals surface area contributed by atoms with E-state index in [0.717, 1.165) is 13.1 Å². The Balaban J connectivity index is 2.92. The van der Waals surface area contributed by atoms with Crippen molar-refractivity contribution in [1.82, 2.24) is 5.32 Å². The van der Waals surface area contributed by atoms with Crippen LogP contribution in [0.25, 0.3) is 0 Å². The minimum Gasteiger partial charge on any atom is -0.396 e. The predicted molar refractivity (Wildman–Crippen MR) is 66.0 cm³/mol. The van der Waals surface area contributed by atoms with Crippen LogP contribution in [0.5, 0.6) is 0 Å². The highest BCUT2D eigenvalue weighted by molar-refractivity contribution is 7.98. The number of nitrogens with one attached hydrogen (secondary N) is 1. The summed E-state index contributed by atoms with van der Waals surface area (Å²) in [6, 6.07) is 0. The van der Waals surface area contributed by atoms with Gasteiger partial charge in [-0.05, 0) is 43.9 Å². The van der Waals surface area contributed by atoms with E-state index in [2.05, 4.69) is 18.5 Å². The molecule has 0 fully saturated rings. The molecule has 86 valence electrons. The lowest BCUT2D eigenvalue weighted by atomic mass is 10.2. The van der Waals surface area contributed by atoms with Gasteiger partial charge in [0.05, 0.1) is 0 Å². The van der Waals surface area contributed by atoms with Crippen LogP contribution in [0.15, 0.2) is 0 Å². The molecule has 2 N–H and O–H groups in total. The van der Waals surface area contributed by atoms with Crippen LogP contribution in [-0.2, 0) is 0 Å². The van der Waals surface area contributed by atoms with Gasteiger partial charge in [0, 0.05) is 6.61 Å². The molecule has 0 aromatic carbocycles. The van der Waals surface area contributed by atoms with Crippen LogP contribution in [-0.4, -0.2) is 36.8 Å². The van der Waals surface area contributed by atoms with Gasteiger partial charge in [0.2, 0.25) is 0 Å². The van der Waals surface area contributed by atoms with Crippen LogP contribution >= 0.6 is 11.8 Å². The third-order valence-corrected chi connectivity index (χ3v) is 2.95. The van der Waals surface area contributed by atoms with Gasteiger partial charge in [0.25, 0.3) is 0 Å². The van der Waals surface area contributed by atoms with E-state index in [1.54, 1.807) is 0 Å². The Bertz CT molecular complexity index is 111. The second-order valence-corrected chi connectivity index (χ2v) is 4.88. The number of rotatable bonds is 10. The molecule has 0 saturated heterocycles. The van der Waals surface area contributed by atoms with Crippen molar-refractivity contribution < 1.29 is 5.11 Å². The summed E-state index contributed by atoms with van der Waals surface area (Å²) in [7, 11) is 0. The van der Waals surface area contributed by atoms with E-state index in [1.165, 1.54) is 31.4 Å². The maximum absolute atomic E-state index is 8.79.